The van der Waals surface area contributed by atoms with Crippen molar-refractivity contribution in [3.63, 3.8) is 0 Å². The zero-order valence-corrected chi connectivity index (χ0v) is 12.9. The standard InChI is InChI=1S/C15H14F3NO3S/c1-2-19(12-6-4-7-13(20)10-12)23(21,22)14-8-3-5-11(9-14)15(16,17)18/h3-10,20H,2H2,1H3. The lowest BCUT2D eigenvalue weighted by molar-refractivity contribution is -0.137. The van der Waals surface area contributed by atoms with Gasteiger partial charge in [0.2, 0.25) is 0 Å². The Labute approximate surface area is 131 Å². The van der Waals surface area contributed by atoms with Crippen LogP contribution in [0.3, 0.4) is 0 Å². The van der Waals surface area contributed by atoms with Crippen LogP contribution in [0.1, 0.15) is 12.5 Å². The summed E-state index contributed by atoms with van der Waals surface area (Å²) < 4.78 is 64.5. The van der Waals surface area contributed by atoms with Gasteiger partial charge >= 0.3 is 6.18 Å². The lowest BCUT2D eigenvalue weighted by Gasteiger charge is -2.23. The second-order valence-electron chi connectivity index (χ2n) is 4.72. The Morgan fingerprint density at radius 3 is 2.30 bits per heavy atom. The summed E-state index contributed by atoms with van der Waals surface area (Å²) in [5.74, 6) is -0.139. The molecule has 0 saturated heterocycles. The number of alkyl halides is 3. The Bertz CT molecular complexity index is 804. The van der Waals surface area contributed by atoms with E-state index in [0.29, 0.717) is 6.07 Å². The topological polar surface area (TPSA) is 57.6 Å². The number of rotatable bonds is 4. The molecule has 2 aromatic rings. The van der Waals surface area contributed by atoms with E-state index in [2.05, 4.69) is 0 Å². The van der Waals surface area contributed by atoms with Gasteiger partial charge in [-0.15, -0.1) is 0 Å². The second kappa shape index (κ2) is 6.11. The third kappa shape index (κ3) is 3.58. The van der Waals surface area contributed by atoms with Gasteiger partial charge < -0.3 is 5.11 Å². The van der Waals surface area contributed by atoms with E-state index in [1.54, 1.807) is 6.92 Å². The maximum Gasteiger partial charge on any atom is 0.416 e. The quantitative estimate of drug-likeness (QED) is 0.921. The lowest BCUT2D eigenvalue weighted by atomic mass is 10.2. The Morgan fingerprint density at radius 2 is 1.74 bits per heavy atom. The van der Waals surface area contributed by atoms with E-state index in [1.165, 1.54) is 24.3 Å². The Balaban J connectivity index is 2.52. The van der Waals surface area contributed by atoms with E-state index >= 15 is 0 Å². The van der Waals surface area contributed by atoms with Crippen LogP contribution in [-0.2, 0) is 16.2 Å². The molecule has 4 nitrogen and oxygen atoms in total. The van der Waals surface area contributed by atoms with Crippen LogP contribution in [0.4, 0.5) is 18.9 Å². The fraction of sp³-hybridized carbons (Fsp3) is 0.200. The summed E-state index contributed by atoms with van der Waals surface area (Å²) in [5, 5.41) is 9.47. The maximum absolute atomic E-state index is 12.8. The molecule has 23 heavy (non-hydrogen) atoms. The van der Waals surface area contributed by atoms with Crippen LogP contribution in [0.25, 0.3) is 0 Å². The number of anilines is 1. The molecule has 0 aromatic heterocycles. The molecule has 2 rings (SSSR count). The number of sulfonamides is 1. The first-order valence-corrected chi connectivity index (χ1v) is 8.09. The van der Waals surface area contributed by atoms with Crippen molar-refractivity contribution in [2.75, 3.05) is 10.8 Å². The average molecular weight is 345 g/mol. The number of phenols is 1. The molecule has 0 spiro atoms. The summed E-state index contributed by atoms with van der Waals surface area (Å²) in [4.78, 5) is -0.461. The van der Waals surface area contributed by atoms with Gasteiger partial charge in [0.15, 0.2) is 0 Å². The Hall–Kier alpha value is -2.22. The van der Waals surface area contributed by atoms with Crippen LogP contribution in [0.15, 0.2) is 53.4 Å². The molecule has 0 amide bonds. The lowest BCUT2D eigenvalue weighted by Crippen LogP contribution is -2.30. The van der Waals surface area contributed by atoms with Gasteiger partial charge in [-0.05, 0) is 37.3 Å². The minimum absolute atomic E-state index is 0.00202. The summed E-state index contributed by atoms with van der Waals surface area (Å²) in [6.07, 6.45) is -4.63. The highest BCUT2D eigenvalue weighted by Gasteiger charge is 2.32. The first-order chi connectivity index (χ1) is 10.7. The maximum atomic E-state index is 12.8. The van der Waals surface area contributed by atoms with Crippen molar-refractivity contribution in [3.05, 3.63) is 54.1 Å². The summed E-state index contributed by atoms with van der Waals surface area (Å²) in [7, 11) is -4.18. The molecular formula is C15H14F3NO3S. The van der Waals surface area contributed by atoms with Crippen molar-refractivity contribution in [3.8, 4) is 5.75 Å². The van der Waals surface area contributed by atoms with E-state index < -0.39 is 26.7 Å². The van der Waals surface area contributed by atoms with Gasteiger partial charge in [0.1, 0.15) is 5.75 Å². The van der Waals surface area contributed by atoms with Crippen molar-refractivity contribution in [2.45, 2.75) is 18.0 Å². The molecule has 0 saturated carbocycles. The smallest absolute Gasteiger partial charge is 0.416 e. The number of hydrogen-bond acceptors (Lipinski definition) is 3. The average Bonchev–Trinajstić information content (AvgIpc) is 2.47. The van der Waals surface area contributed by atoms with Crippen LogP contribution in [0.2, 0.25) is 0 Å². The molecule has 0 unspecified atom stereocenters. The van der Waals surface area contributed by atoms with Crippen molar-refractivity contribution in [2.24, 2.45) is 0 Å². The molecule has 8 heteroatoms. The molecule has 0 heterocycles. The van der Waals surface area contributed by atoms with Crippen LogP contribution >= 0.6 is 0 Å². The SMILES string of the molecule is CCN(c1cccc(O)c1)S(=O)(=O)c1cccc(C(F)(F)F)c1. The van der Waals surface area contributed by atoms with E-state index in [-0.39, 0.29) is 18.0 Å². The van der Waals surface area contributed by atoms with Crippen molar-refractivity contribution in [1.82, 2.24) is 0 Å². The van der Waals surface area contributed by atoms with E-state index in [1.807, 2.05) is 0 Å². The largest absolute Gasteiger partial charge is 0.508 e. The first-order valence-electron chi connectivity index (χ1n) is 6.65. The summed E-state index contributed by atoms with van der Waals surface area (Å²) in [6.45, 7) is 1.55. The third-order valence-electron chi connectivity index (χ3n) is 3.15. The molecule has 0 aliphatic carbocycles. The summed E-state index contributed by atoms with van der Waals surface area (Å²) in [6, 6.07) is 9.07. The normalized spacial score (nSPS) is 12.2. The van der Waals surface area contributed by atoms with Gasteiger partial charge in [-0.1, -0.05) is 12.1 Å². The highest BCUT2D eigenvalue weighted by atomic mass is 32.2. The van der Waals surface area contributed by atoms with Gasteiger partial charge in [-0.25, -0.2) is 8.42 Å². The number of aromatic hydroxyl groups is 1. The van der Waals surface area contributed by atoms with Crippen molar-refractivity contribution >= 4 is 15.7 Å². The number of phenolic OH excluding ortho intramolecular Hbond substituents is 1. The number of hydrogen-bond donors (Lipinski definition) is 1. The van der Waals surface area contributed by atoms with Gasteiger partial charge in [-0.3, -0.25) is 4.31 Å². The van der Waals surface area contributed by atoms with E-state index in [0.717, 1.165) is 22.5 Å². The highest BCUT2D eigenvalue weighted by Crippen LogP contribution is 2.32. The molecule has 0 aliphatic rings. The molecular weight excluding hydrogens is 331 g/mol. The van der Waals surface area contributed by atoms with Crippen LogP contribution in [-0.4, -0.2) is 20.1 Å². The summed E-state index contributed by atoms with van der Waals surface area (Å²) in [5.41, 5.74) is -0.865. The number of halogens is 3. The molecule has 2 aromatic carbocycles. The van der Waals surface area contributed by atoms with Crippen molar-refractivity contribution in [1.29, 1.82) is 0 Å². The van der Waals surface area contributed by atoms with Gasteiger partial charge in [0, 0.05) is 12.6 Å². The van der Waals surface area contributed by atoms with Crippen LogP contribution in [0, 0.1) is 0 Å². The fourth-order valence-electron chi connectivity index (χ4n) is 2.10. The predicted octanol–water partition coefficient (Wildman–Crippen LogP) is 3.63. The second-order valence-corrected chi connectivity index (χ2v) is 6.58. The predicted molar refractivity (Wildman–Crippen MR) is 79.8 cm³/mol. The molecule has 0 aliphatic heterocycles. The number of nitrogens with zero attached hydrogens (tertiary/aromatic N) is 1. The van der Waals surface area contributed by atoms with Gasteiger partial charge in [0.25, 0.3) is 10.0 Å². The van der Waals surface area contributed by atoms with E-state index in [4.69, 9.17) is 0 Å². The minimum Gasteiger partial charge on any atom is -0.508 e. The zero-order valence-electron chi connectivity index (χ0n) is 12.1. The Morgan fingerprint density at radius 1 is 1.09 bits per heavy atom. The van der Waals surface area contributed by atoms with Crippen LogP contribution < -0.4 is 4.31 Å². The van der Waals surface area contributed by atoms with Crippen LogP contribution in [0.5, 0.6) is 5.75 Å². The van der Waals surface area contributed by atoms with Crippen molar-refractivity contribution < 1.29 is 26.7 Å². The fourth-order valence-corrected chi connectivity index (χ4v) is 3.61. The zero-order chi connectivity index (χ0) is 17.3. The molecule has 1 N–H and O–H groups in total. The molecule has 0 fully saturated rings. The molecule has 0 atom stereocenters. The first kappa shape index (κ1) is 17.1. The van der Waals surface area contributed by atoms with Gasteiger partial charge in [0.05, 0.1) is 16.1 Å². The summed E-state index contributed by atoms with van der Waals surface area (Å²) >= 11 is 0. The number of benzene rings is 2. The molecule has 0 radical (unpaired) electrons. The minimum atomic E-state index is -4.63. The van der Waals surface area contributed by atoms with Gasteiger partial charge in [-0.2, -0.15) is 13.2 Å². The van der Waals surface area contributed by atoms with E-state index in [9.17, 15) is 26.7 Å². The monoisotopic (exact) mass is 345 g/mol. The highest BCUT2D eigenvalue weighted by molar-refractivity contribution is 7.92. The third-order valence-corrected chi connectivity index (χ3v) is 5.05. The molecule has 0 bridgehead atoms. The molecule has 124 valence electrons. The Kier molecular flexibility index (Phi) is 4.56.